The van der Waals surface area contributed by atoms with E-state index < -0.39 is 17.2 Å². The van der Waals surface area contributed by atoms with E-state index in [-0.39, 0.29) is 5.69 Å². The number of benzene rings is 1. The molecule has 0 fully saturated rings. The van der Waals surface area contributed by atoms with Gasteiger partial charge in [0.25, 0.3) is 0 Å². The molecule has 0 atom stereocenters. The van der Waals surface area contributed by atoms with Crippen molar-refractivity contribution in [3.63, 3.8) is 0 Å². The maximum absolute atomic E-state index is 12.7. The second kappa shape index (κ2) is 5.28. The molecule has 2 aromatic rings. The highest BCUT2D eigenvalue weighted by molar-refractivity contribution is 6.28. The minimum atomic E-state index is -4.57. The fourth-order valence-corrected chi connectivity index (χ4v) is 1.93. The zero-order chi connectivity index (χ0) is 14.9. The molecule has 0 N–H and O–H groups in total. The van der Waals surface area contributed by atoms with Crippen LogP contribution in [0.25, 0.3) is 11.3 Å². The lowest BCUT2D eigenvalue weighted by Crippen LogP contribution is -2.09. The lowest BCUT2D eigenvalue weighted by Gasteiger charge is -2.11. The van der Waals surface area contributed by atoms with Gasteiger partial charge in [-0.2, -0.15) is 13.2 Å². The highest BCUT2D eigenvalue weighted by Gasteiger charge is 2.33. The Morgan fingerprint density at radius 2 is 1.85 bits per heavy atom. The van der Waals surface area contributed by atoms with Gasteiger partial charge in [0, 0.05) is 5.56 Å². The van der Waals surface area contributed by atoms with Gasteiger partial charge in [-0.1, -0.05) is 0 Å². The molecule has 20 heavy (non-hydrogen) atoms. The minimum absolute atomic E-state index is 0.123. The van der Waals surface area contributed by atoms with E-state index in [9.17, 15) is 13.2 Å². The normalized spacial score (nSPS) is 11.5. The molecule has 0 aliphatic heterocycles. The van der Waals surface area contributed by atoms with E-state index in [1.165, 1.54) is 7.11 Å². The van der Waals surface area contributed by atoms with E-state index in [4.69, 9.17) is 16.3 Å². The predicted octanol–water partition coefficient (Wildman–Crippen LogP) is 4.13. The van der Waals surface area contributed by atoms with E-state index in [0.29, 0.717) is 11.3 Å². The van der Waals surface area contributed by atoms with Gasteiger partial charge in [-0.25, -0.2) is 9.97 Å². The van der Waals surface area contributed by atoms with Crippen molar-refractivity contribution in [3.05, 3.63) is 40.8 Å². The molecule has 0 unspecified atom stereocenters. The van der Waals surface area contributed by atoms with E-state index in [1.807, 2.05) is 0 Å². The van der Waals surface area contributed by atoms with Gasteiger partial charge in [0.2, 0.25) is 5.28 Å². The van der Waals surface area contributed by atoms with Crippen LogP contribution in [-0.4, -0.2) is 17.1 Å². The van der Waals surface area contributed by atoms with Crippen LogP contribution < -0.4 is 4.74 Å². The van der Waals surface area contributed by atoms with E-state index in [2.05, 4.69) is 9.97 Å². The number of aryl methyl sites for hydroxylation is 1. The Bertz CT molecular complexity index is 644. The third-order valence-corrected chi connectivity index (χ3v) is 2.87. The van der Waals surface area contributed by atoms with Gasteiger partial charge in [-0.15, -0.1) is 0 Å². The molecule has 0 saturated carbocycles. The average molecular weight is 303 g/mol. The molecule has 0 bridgehead atoms. The summed E-state index contributed by atoms with van der Waals surface area (Å²) in [5, 5.41) is -0.440. The predicted molar refractivity (Wildman–Crippen MR) is 68.8 cm³/mol. The number of methoxy groups -OCH3 is 1. The number of ether oxygens (including phenoxy) is 1. The van der Waals surface area contributed by atoms with E-state index in [1.54, 1.807) is 25.1 Å². The average Bonchev–Trinajstić information content (AvgIpc) is 2.36. The lowest BCUT2D eigenvalue weighted by atomic mass is 10.0. The maximum Gasteiger partial charge on any atom is 0.433 e. The standard InChI is InChI=1S/C13H10ClF3N2O/c1-7-5-8(20-2)3-4-9(7)10-6-11(13(15,16)17)19-12(14)18-10/h3-6H,1-2H3. The smallest absolute Gasteiger partial charge is 0.433 e. The zero-order valence-electron chi connectivity index (χ0n) is 10.6. The van der Waals surface area contributed by atoms with Crippen LogP contribution in [0.2, 0.25) is 5.28 Å². The van der Waals surface area contributed by atoms with Gasteiger partial charge in [0.15, 0.2) is 0 Å². The van der Waals surface area contributed by atoms with Crippen LogP contribution in [0.1, 0.15) is 11.3 Å². The topological polar surface area (TPSA) is 35.0 Å². The summed E-state index contributed by atoms with van der Waals surface area (Å²) in [6, 6.07) is 5.86. The summed E-state index contributed by atoms with van der Waals surface area (Å²) in [5.41, 5.74) is 0.327. The summed E-state index contributed by atoms with van der Waals surface area (Å²) >= 11 is 5.57. The van der Waals surface area contributed by atoms with Crippen molar-refractivity contribution in [2.45, 2.75) is 13.1 Å². The van der Waals surface area contributed by atoms with Crippen molar-refractivity contribution in [1.82, 2.24) is 9.97 Å². The molecule has 0 saturated heterocycles. The summed E-state index contributed by atoms with van der Waals surface area (Å²) in [4.78, 5) is 7.05. The highest BCUT2D eigenvalue weighted by Crippen LogP contribution is 2.32. The second-order valence-electron chi connectivity index (χ2n) is 4.09. The van der Waals surface area contributed by atoms with Gasteiger partial charge in [-0.3, -0.25) is 0 Å². The van der Waals surface area contributed by atoms with Crippen LogP contribution in [0.3, 0.4) is 0 Å². The first-order chi connectivity index (χ1) is 9.31. The van der Waals surface area contributed by atoms with Gasteiger partial charge >= 0.3 is 6.18 Å². The Morgan fingerprint density at radius 1 is 1.15 bits per heavy atom. The Kier molecular flexibility index (Phi) is 3.85. The molecule has 106 valence electrons. The SMILES string of the molecule is COc1ccc(-c2cc(C(F)(F)F)nc(Cl)n2)c(C)c1. The fourth-order valence-electron chi connectivity index (χ4n) is 1.75. The number of nitrogens with zero attached hydrogens (tertiary/aromatic N) is 2. The molecule has 3 nitrogen and oxygen atoms in total. The third kappa shape index (κ3) is 3.01. The monoisotopic (exact) mass is 302 g/mol. The van der Waals surface area contributed by atoms with E-state index >= 15 is 0 Å². The van der Waals surface area contributed by atoms with Crippen LogP contribution in [0, 0.1) is 6.92 Å². The summed E-state index contributed by atoms with van der Waals surface area (Å²) in [6.07, 6.45) is -4.57. The van der Waals surface area contributed by atoms with E-state index in [0.717, 1.165) is 11.6 Å². The van der Waals surface area contributed by atoms with Crippen LogP contribution in [0.15, 0.2) is 24.3 Å². The summed E-state index contributed by atoms with van der Waals surface area (Å²) in [6.45, 7) is 1.75. The number of halogens is 4. The third-order valence-electron chi connectivity index (χ3n) is 2.70. The Labute approximate surface area is 118 Å². The van der Waals surface area contributed by atoms with Gasteiger partial charge in [0.05, 0.1) is 12.8 Å². The largest absolute Gasteiger partial charge is 0.497 e. The molecule has 7 heteroatoms. The number of alkyl halides is 3. The van der Waals surface area contributed by atoms with Crippen LogP contribution in [0.5, 0.6) is 5.75 Å². The Morgan fingerprint density at radius 3 is 2.40 bits per heavy atom. The van der Waals surface area contributed by atoms with Crippen molar-refractivity contribution in [1.29, 1.82) is 0 Å². The molecule has 1 aromatic carbocycles. The molecule has 0 amide bonds. The molecule has 2 rings (SSSR count). The van der Waals surface area contributed by atoms with Crippen LogP contribution in [-0.2, 0) is 6.18 Å². The number of rotatable bonds is 2. The number of aromatic nitrogens is 2. The molecule has 0 radical (unpaired) electrons. The first-order valence-corrected chi connectivity index (χ1v) is 5.96. The van der Waals surface area contributed by atoms with Gasteiger partial charge < -0.3 is 4.74 Å². The molecule has 0 aliphatic carbocycles. The van der Waals surface area contributed by atoms with Crippen LogP contribution >= 0.6 is 11.6 Å². The second-order valence-corrected chi connectivity index (χ2v) is 4.42. The highest BCUT2D eigenvalue weighted by atomic mass is 35.5. The van der Waals surface area contributed by atoms with Crippen molar-refractivity contribution in [2.24, 2.45) is 0 Å². The molecule has 1 heterocycles. The van der Waals surface area contributed by atoms with Crippen molar-refractivity contribution >= 4 is 11.6 Å². The first-order valence-electron chi connectivity index (χ1n) is 5.58. The quantitative estimate of drug-likeness (QED) is 0.782. The van der Waals surface area contributed by atoms with Crippen molar-refractivity contribution in [3.8, 4) is 17.0 Å². The fraction of sp³-hybridized carbons (Fsp3) is 0.231. The van der Waals surface area contributed by atoms with Gasteiger partial charge in [0.1, 0.15) is 11.4 Å². The molecular formula is C13H10ClF3N2O. The van der Waals surface area contributed by atoms with Crippen LogP contribution in [0.4, 0.5) is 13.2 Å². The summed E-state index contributed by atoms with van der Waals surface area (Å²) < 4.78 is 43.2. The molecule has 0 spiro atoms. The number of hydrogen-bond acceptors (Lipinski definition) is 3. The molecule has 0 aliphatic rings. The zero-order valence-corrected chi connectivity index (χ0v) is 11.4. The Balaban J connectivity index is 2.55. The van der Waals surface area contributed by atoms with Gasteiger partial charge in [-0.05, 0) is 48.4 Å². The summed E-state index contributed by atoms with van der Waals surface area (Å²) in [5.74, 6) is 0.613. The van der Waals surface area contributed by atoms with Crippen molar-refractivity contribution < 1.29 is 17.9 Å². The lowest BCUT2D eigenvalue weighted by molar-refractivity contribution is -0.141. The molecular weight excluding hydrogens is 293 g/mol. The maximum atomic E-state index is 12.7. The van der Waals surface area contributed by atoms with Crippen molar-refractivity contribution in [2.75, 3.05) is 7.11 Å². The first kappa shape index (κ1) is 14.6. The molecule has 1 aromatic heterocycles. The minimum Gasteiger partial charge on any atom is -0.497 e. The number of hydrogen-bond donors (Lipinski definition) is 0. The Hall–Kier alpha value is -1.82. The summed E-state index contributed by atoms with van der Waals surface area (Å²) in [7, 11) is 1.51.